The highest BCUT2D eigenvalue weighted by Crippen LogP contribution is 2.26. The molecule has 2 rings (SSSR count). The van der Waals surface area contributed by atoms with Gasteiger partial charge in [-0.15, -0.1) is 0 Å². The minimum absolute atomic E-state index is 0.190. The molecular formula is C13H7ClN4O3. The van der Waals surface area contributed by atoms with E-state index in [2.05, 4.69) is 10.3 Å². The fourth-order valence-corrected chi connectivity index (χ4v) is 1.84. The predicted octanol–water partition coefficient (Wildman–Crippen LogP) is 2.77. The van der Waals surface area contributed by atoms with Crippen LogP contribution in [0.1, 0.15) is 15.9 Å². The standard InChI is InChI=1S/C13H7ClN4O3/c14-12-11(18(20)21)10(5-6-16-12)13(19)17-9-3-1-8(7-15)2-4-9/h1-6H,(H,17,19). The number of rotatable bonds is 3. The lowest BCUT2D eigenvalue weighted by Crippen LogP contribution is -2.14. The van der Waals surface area contributed by atoms with E-state index in [4.69, 9.17) is 16.9 Å². The molecule has 0 aliphatic heterocycles. The highest BCUT2D eigenvalue weighted by atomic mass is 35.5. The molecule has 2 aromatic rings. The number of hydrogen-bond donors (Lipinski definition) is 1. The van der Waals surface area contributed by atoms with Crippen LogP contribution >= 0.6 is 11.6 Å². The molecule has 1 amide bonds. The summed E-state index contributed by atoms with van der Waals surface area (Å²) >= 11 is 5.64. The number of nitriles is 1. The molecule has 0 aliphatic rings. The molecule has 0 spiro atoms. The second kappa shape index (κ2) is 5.98. The number of nitrogens with zero attached hydrogens (tertiary/aromatic N) is 3. The fraction of sp³-hybridized carbons (Fsp3) is 0. The first-order valence-corrected chi connectivity index (χ1v) is 6.01. The van der Waals surface area contributed by atoms with Crippen molar-refractivity contribution < 1.29 is 9.72 Å². The van der Waals surface area contributed by atoms with E-state index in [1.54, 1.807) is 0 Å². The van der Waals surface area contributed by atoms with E-state index < -0.39 is 16.5 Å². The van der Waals surface area contributed by atoms with Gasteiger partial charge in [0, 0.05) is 11.9 Å². The molecule has 0 unspecified atom stereocenters. The maximum absolute atomic E-state index is 12.1. The van der Waals surface area contributed by atoms with E-state index in [1.807, 2.05) is 6.07 Å². The molecule has 7 nitrogen and oxygen atoms in total. The number of carbonyl (C=O) groups is 1. The Labute approximate surface area is 123 Å². The molecule has 0 saturated heterocycles. The van der Waals surface area contributed by atoms with Gasteiger partial charge in [0.2, 0.25) is 5.15 Å². The number of anilines is 1. The van der Waals surface area contributed by atoms with Gasteiger partial charge in [-0.1, -0.05) is 11.6 Å². The molecule has 0 aliphatic carbocycles. The summed E-state index contributed by atoms with van der Waals surface area (Å²) in [4.78, 5) is 25.8. The zero-order chi connectivity index (χ0) is 15.4. The normalized spacial score (nSPS) is 9.71. The zero-order valence-corrected chi connectivity index (χ0v) is 11.2. The Morgan fingerprint density at radius 1 is 1.33 bits per heavy atom. The van der Waals surface area contributed by atoms with Crippen LogP contribution in [-0.4, -0.2) is 15.8 Å². The van der Waals surface area contributed by atoms with Crippen LogP contribution in [0.15, 0.2) is 36.5 Å². The Morgan fingerprint density at radius 2 is 2.00 bits per heavy atom. The summed E-state index contributed by atoms with van der Waals surface area (Å²) in [5.41, 5.74) is 0.0989. The van der Waals surface area contributed by atoms with Gasteiger partial charge in [0.05, 0.1) is 16.6 Å². The summed E-state index contributed by atoms with van der Waals surface area (Å²) in [5.74, 6) is -0.685. The number of nitro groups is 1. The van der Waals surface area contributed by atoms with Crippen LogP contribution in [0.3, 0.4) is 0 Å². The molecule has 1 heterocycles. The van der Waals surface area contributed by atoms with E-state index in [-0.39, 0.29) is 10.7 Å². The van der Waals surface area contributed by atoms with Crippen LogP contribution in [0.5, 0.6) is 0 Å². The highest BCUT2D eigenvalue weighted by Gasteiger charge is 2.24. The van der Waals surface area contributed by atoms with Crippen LogP contribution in [0, 0.1) is 21.4 Å². The van der Waals surface area contributed by atoms with Gasteiger partial charge in [0.15, 0.2) is 0 Å². The van der Waals surface area contributed by atoms with Crippen molar-refractivity contribution in [1.29, 1.82) is 5.26 Å². The van der Waals surface area contributed by atoms with Gasteiger partial charge >= 0.3 is 5.69 Å². The summed E-state index contributed by atoms with van der Waals surface area (Å²) in [6.07, 6.45) is 1.21. The van der Waals surface area contributed by atoms with E-state index >= 15 is 0 Å². The van der Waals surface area contributed by atoms with Crippen LogP contribution in [0.25, 0.3) is 0 Å². The highest BCUT2D eigenvalue weighted by molar-refractivity contribution is 6.32. The predicted molar refractivity (Wildman–Crippen MR) is 75.0 cm³/mol. The Balaban J connectivity index is 2.30. The molecule has 0 radical (unpaired) electrons. The fourth-order valence-electron chi connectivity index (χ4n) is 1.61. The Bertz CT molecular complexity index is 753. The van der Waals surface area contributed by atoms with Crippen LogP contribution in [-0.2, 0) is 0 Å². The minimum atomic E-state index is -0.761. The smallest absolute Gasteiger partial charge is 0.319 e. The van der Waals surface area contributed by atoms with Crippen molar-refractivity contribution in [2.45, 2.75) is 0 Å². The number of hydrogen-bond acceptors (Lipinski definition) is 5. The van der Waals surface area contributed by atoms with Gasteiger partial charge in [-0.25, -0.2) is 4.98 Å². The zero-order valence-electron chi connectivity index (χ0n) is 10.4. The number of benzene rings is 1. The lowest BCUT2D eigenvalue weighted by molar-refractivity contribution is -0.385. The Morgan fingerprint density at radius 3 is 2.57 bits per heavy atom. The van der Waals surface area contributed by atoms with E-state index in [0.717, 1.165) is 0 Å². The van der Waals surface area contributed by atoms with Crippen molar-refractivity contribution in [3.05, 3.63) is 62.9 Å². The average molecular weight is 303 g/mol. The average Bonchev–Trinajstić information content (AvgIpc) is 2.47. The molecular weight excluding hydrogens is 296 g/mol. The largest absolute Gasteiger partial charge is 0.322 e. The van der Waals surface area contributed by atoms with Gasteiger partial charge in [0.25, 0.3) is 5.91 Å². The summed E-state index contributed by atoms with van der Waals surface area (Å²) in [7, 11) is 0. The number of carbonyl (C=O) groups excluding carboxylic acids is 1. The van der Waals surface area contributed by atoms with Crippen molar-refractivity contribution in [2.24, 2.45) is 0 Å². The second-order valence-corrected chi connectivity index (χ2v) is 4.26. The third-order valence-electron chi connectivity index (χ3n) is 2.58. The first kappa shape index (κ1) is 14.4. The third-order valence-corrected chi connectivity index (χ3v) is 2.86. The van der Waals surface area contributed by atoms with Gasteiger partial charge in [-0.3, -0.25) is 14.9 Å². The van der Waals surface area contributed by atoms with Crippen molar-refractivity contribution in [2.75, 3.05) is 5.32 Å². The molecule has 0 atom stereocenters. The first-order chi connectivity index (χ1) is 10.0. The third kappa shape index (κ3) is 3.13. The van der Waals surface area contributed by atoms with Crippen LogP contribution < -0.4 is 5.32 Å². The number of aromatic nitrogens is 1. The van der Waals surface area contributed by atoms with Crippen LogP contribution in [0.2, 0.25) is 5.15 Å². The molecule has 21 heavy (non-hydrogen) atoms. The Hall–Kier alpha value is -2.98. The lowest BCUT2D eigenvalue weighted by Gasteiger charge is -2.06. The SMILES string of the molecule is N#Cc1ccc(NC(=O)c2ccnc(Cl)c2[N+](=O)[O-])cc1. The summed E-state index contributed by atoms with van der Waals surface area (Å²) < 4.78 is 0. The molecule has 8 heteroatoms. The molecule has 1 N–H and O–H groups in total. The number of nitrogens with one attached hydrogen (secondary N) is 1. The minimum Gasteiger partial charge on any atom is -0.322 e. The maximum Gasteiger partial charge on any atom is 0.319 e. The van der Waals surface area contributed by atoms with Crippen molar-refractivity contribution in [3.8, 4) is 6.07 Å². The Kier molecular flexibility index (Phi) is 4.11. The molecule has 1 aromatic carbocycles. The molecule has 0 fully saturated rings. The summed E-state index contributed by atoms with van der Waals surface area (Å²) in [6, 6.07) is 9.23. The lowest BCUT2D eigenvalue weighted by atomic mass is 10.2. The van der Waals surface area contributed by atoms with Gasteiger partial charge < -0.3 is 5.32 Å². The van der Waals surface area contributed by atoms with Crippen molar-refractivity contribution in [1.82, 2.24) is 4.98 Å². The van der Waals surface area contributed by atoms with E-state index in [1.165, 1.54) is 36.5 Å². The van der Waals surface area contributed by atoms with E-state index in [0.29, 0.717) is 11.3 Å². The number of amides is 1. The monoisotopic (exact) mass is 302 g/mol. The topological polar surface area (TPSA) is 109 Å². The molecule has 0 saturated carbocycles. The van der Waals surface area contributed by atoms with Gasteiger partial charge in [-0.2, -0.15) is 5.26 Å². The van der Waals surface area contributed by atoms with E-state index in [9.17, 15) is 14.9 Å². The number of pyridine rings is 1. The van der Waals surface area contributed by atoms with Crippen LogP contribution in [0.4, 0.5) is 11.4 Å². The van der Waals surface area contributed by atoms with Crippen molar-refractivity contribution >= 4 is 28.9 Å². The summed E-state index contributed by atoms with van der Waals surface area (Å²) in [5, 5.41) is 21.8. The molecule has 104 valence electrons. The molecule has 0 bridgehead atoms. The van der Waals surface area contributed by atoms with Gasteiger partial charge in [-0.05, 0) is 30.3 Å². The van der Waals surface area contributed by atoms with Crippen molar-refractivity contribution in [3.63, 3.8) is 0 Å². The molecule has 1 aromatic heterocycles. The maximum atomic E-state index is 12.1. The number of halogens is 1. The summed E-state index contributed by atoms with van der Waals surface area (Å²) in [6.45, 7) is 0. The quantitative estimate of drug-likeness (QED) is 0.532. The van der Waals surface area contributed by atoms with Gasteiger partial charge in [0.1, 0.15) is 5.56 Å². The second-order valence-electron chi connectivity index (χ2n) is 3.90. The first-order valence-electron chi connectivity index (χ1n) is 5.63.